The van der Waals surface area contributed by atoms with E-state index in [9.17, 15) is 4.79 Å². The van der Waals surface area contributed by atoms with Gasteiger partial charge in [-0.3, -0.25) is 4.79 Å². The summed E-state index contributed by atoms with van der Waals surface area (Å²) in [4.78, 5) is 12.1. The summed E-state index contributed by atoms with van der Waals surface area (Å²) in [6.07, 6.45) is 3.35. The van der Waals surface area contributed by atoms with Crippen molar-refractivity contribution in [3.63, 3.8) is 0 Å². The van der Waals surface area contributed by atoms with Gasteiger partial charge in [0.2, 0.25) is 0 Å². The number of hydrogen-bond donors (Lipinski definition) is 2. The third kappa shape index (κ3) is 3.97. The number of hydrogen-bond acceptors (Lipinski definition) is 2. The lowest BCUT2D eigenvalue weighted by atomic mass is 10.1. The number of rotatable bonds is 2. The van der Waals surface area contributed by atoms with Crippen molar-refractivity contribution in [1.82, 2.24) is 10.6 Å². The molecule has 0 radical (unpaired) electrons. The Morgan fingerprint density at radius 2 is 2.22 bits per heavy atom. The molecule has 3 nitrogen and oxygen atoms in total. The molecule has 1 amide bonds. The summed E-state index contributed by atoms with van der Waals surface area (Å²) in [5.74, 6) is -0.0631. The molecule has 5 heteroatoms. The number of benzene rings is 1. The maximum atomic E-state index is 12.1. The van der Waals surface area contributed by atoms with Crippen LogP contribution in [0, 0.1) is 0 Å². The van der Waals surface area contributed by atoms with Crippen molar-refractivity contribution < 1.29 is 4.79 Å². The summed E-state index contributed by atoms with van der Waals surface area (Å²) in [5.41, 5.74) is 0.596. The first-order valence-electron chi connectivity index (χ1n) is 6.13. The number of carbonyl (C=O) groups is 1. The van der Waals surface area contributed by atoms with Gasteiger partial charge in [0.1, 0.15) is 0 Å². The van der Waals surface area contributed by atoms with Gasteiger partial charge >= 0.3 is 0 Å². The SMILES string of the molecule is O=C(NC1CCCCNC1)c1cc(Cl)cc(Br)c1. The second-order valence-corrected chi connectivity index (χ2v) is 5.88. The minimum Gasteiger partial charge on any atom is -0.348 e. The van der Waals surface area contributed by atoms with Gasteiger partial charge in [-0.1, -0.05) is 34.0 Å². The van der Waals surface area contributed by atoms with E-state index in [1.807, 2.05) is 0 Å². The third-order valence-corrected chi connectivity index (χ3v) is 3.68. The van der Waals surface area contributed by atoms with E-state index in [0.29, 0.717) is 10.6 Å². The second kappa shape index (κ2) is 6.55. The summed E-state index contributed by atoms with van der Waals surface area (Å²) in [7, 11) is 0. The topological polar surface area (TPSA) is 41.1 Å². The highest BCUT2D eigenvalue weighted by Gasteiger charge is 2.16. The largest absolute Gasteiger partial charge is 0.348 e. The van der Waals surface area contributed by atoms with E-state index in [1.165, 1.54) is 6.42 Å². The molecular weight excluding hydrogens is 316 g/mol. The predicted molar refractivity (Wildman–Crippen MR) is 77.1 cm³/mol. The molecule has 1 aromatic rings. The zero-order chi connectivity index (χ0) is 13.0. The minimum atomic E-state index is -0.0631. The highest BCUT2D eigenvalue weighted by atomic mass is 79.9. The van der Waals surface area contributed by atoms with Crippen LogP contribution in [0.3, 0.4) is 0 Å². The van der Waals surface area contributed by atoms with E-state index in [4.69, 9.17) is 11.6 Å². The summed E-state index contributed by atoms with van der Waals surface area (Å²) >= 11 is 9.28. The van der Waals surface area contributed by atoms with Gasteiger partial charge in [0.25, 0.3) is 5.91 Å². The monoisotopic (exact) mass is 330 g/mol. The first kappa shape index (κ1) is 13.8. The highest BCUT2D eigenvalue weighted by Crippen LogP contribution is 2.19. The van der Waals surface area contributed by atoms with Crippen LogP contribution >= 0.6 is 27.5 Å². The van der Waals surface area contributed by atoms with Crippen LogP contribution in [0.4, 0.5) is 0 Å². The van der Waals surface area contributed by atoms with Crippen LogP contribution in [0.25, 0.3) is 0 Å². The van der Waals surface area contributed by atoms with E-state index in [2.05, 4.69) is 26.6 Å². The molecule has 0 aromatic heterocycles. The second-order valence-electron chi connectivity index (χ2n) is 4.53. The van der Waals surface area contributed by atoms with Crippen molar-refractivity contribution in [1.29, 1.82) is 0 Å². The fourth-order valence-electron chi connectivity index (χ4n) is 2.10. The molecule has 0 spiro atoms. The van der Waals surface area contributed by atoms with Gasteiger partial charge in [-0.05, 0) is 37.6 Å². The van der Waals surface area contributed by atoms with Crippen molar-refractivity contribution in [2.24, 2.45) is 0 Å². The first-order valence-corrected chi connectivity index (χ1v) is 7.30. The highest BCUT2D eigenvalue weighted by molar-refractivity contribution is 9.10. The maximum Gasteiger partial charge on any atom is 0.251 e. The van der Waals surface area contributed by atoms with Crippen LogP contribution in [-0.4, -0.2) is 25.0 Å². The number of nitrogens with one attached hydrogen (secondary N) is 2. The molecule has 18 heavy (non-hydrogen) atoms. The number of carbonyl (C=O) groups excluding carboxylic acids is 1. The molecule has 1 aromatic carbocycles. The van der Waals surface area contributed by atoms with Crippen LogP contribution in [0.1, 0.15) is 29.6 Å². The summed E-state index contributed by atoms with van der Waals surface area (Å²) in [6.45, 7) is 1.88. The van der Waals surface area contributed by atoms with Crippen LogP contribution in [-0.2, 0) is 0 Å². The van der Waals surface area contributed by atoms with E-state index in [1.54, 1.807) is 18.2 Å². The van der Waals surface area contributed by atoms with Crippen LogP contribution in [0.5, 0.6) is 0 Å². The zero-order valence-electron chi connectivity index (χ0n) is 10.0. The van der Waals surface area contributed by atoms with E-state index in [-0.39, 0.29) is 11.9 Å². The summed E-state index contributed by atoms with van der Waals surface area (Å²) in [6, 6.07) is 5.45. The van der Waals surface area contributed by atoms with Gasteiger partial charge in [-0.25, -0.2) is 0 Å². The first-order chi connectivity index (χ1) is 8.65. The Balaban J connectivity index is 2.01. The average molecular weight is 332 g/mol. The Morgan fingerprint density at radius 3 is 3.00 bits per heavy atom. The van der Waals surface area contributed by atoms with Gasteiger partial charge in [-0.2, -0.15) is 0 Å². The molecule has 1 atom stereocenters. The zero-order valence-corrected chi connectivity index (χ0v) is 12.4. The summed E-state index contributed by atoms with van der Waals surface area (Å²) in [5, 5.41) is 6.94. The number of halogens is 2. The molecule has 1 aliphatic heterocycles. The average Bonchev–Trinajstić information content (AvgIpc) is 2.56. The molecule has 1 unspecified atom stereocenters. The molecule has 1 heterocycles. The third-order valence-electron chi connectivity index (χ3n) is 3.01. The van der Waals surface area contributed by atoms with Crippen LogP contribution < -0.4 is 10.6 Å². The van der Waals surface area contributed by atoms with Crippen molar-refractivity contribution in [3.8, 4) is 0 Å². The van der Waals surface area contributed by atoms with E-state index >= 15 is 0 Å². The van der Waals surface area contributed by atoms with Crippen LogP contribution in [0.2, 0.25) is 5.02 Å². The minimum absolute atomic E-state index is 0.0631. The Hall–Kier alpha value is -0.580. The van der Waals surface area contributed by atoms with Gasteiger partial charge in [0.05, 0.1) is 0 Å². The normalized spacial score (nSPS) is 20.2. The molecule has 2 rings (SSSR count). The Morgan fingerprint density at radius 1 is 1.39 bits per heavy atom. The fraction of sp³-hybridized carbons (Fsp3) is 0.462. The molecule has 0 saturated carbocycles. The van der Waals surface area contributed by atoms with Crippen molar-refractivity contribution in [3.05, 3.63) is 33.3 Å². The lowest BCUT2D eigenvalue weighted by Gasteiger charge is -2.16. The van der Waals surface area contributed by atoms with Gasteiger partial charge < -0.3 is 10.6 Å². The van der Waals surface area contributed by atoms with Gasteiger partial charge in [0, 0.05) is 27.6 Å². The molecule has 0 aliphatic carbocycles. The molecule has 1 aliphatic rings. The summed E-state index contributed by atoms with van der Waals surface area (Å²) < 4.78 is 0.819. The Kier molecular flexibility index (Phi) is 5.03. The van der Waals surface area contributed by atoms with Crippen molar-refractivity contribution >= 4 is 33.4 Å². The Bertz CT molecular complexity index is 411. The quantitative estimate of drug-likeness (QED) is 0.875. The fourth-order valence-corrected chi connectivity index (χ4v) is 2.96. The Labute approximate surface area is 120 Å². The number of amides is 1. The van der Waals surface area contributed by atoms with Crippen molar-refractivity contribution in [2.75, 3.05) is 13.1 Å². The molecule has 2 N–H and O–H groups in total. The molecule has 98 valence electrons. The smallest absolute Gasteiger partial charge is 0.251 e. The van der Waals surface area contributed by atoms with E-state index < -0.39 is 0 Å². The lowest BCUT2D eigenvalue weighted by molar-refractivity contribution is 0.0935. The van der Waals surface area contributed by atoms with Crippen LogP contribution in [0.15, 0.2) is 22.7 Å². The molecule has 1 fully saturated rings. The van der Waals surface area contributed by atoms with Gasteiger partial charge in [0.15, 0.2) is 0 Å². The molecular formula is C13H16BrClN2O. The predicted octanol–water partition coefficient (Wildman–Crippen LogP) is 2.97. The molecule has 0 bridgehead atoms. The lowest BCUT2D eigenvalue weighted by Crippen LogP contribution is -2.40. The maximum absolute atomic E-state index is 12.1. The standard InChI is InChI=1S/C13H16BrClN2O/c14-10-5-9(6-11(15)7-10)13(18)17-12-3-1-2-4-16-8-12/h5-7,12,16H,1-4,8H2,(H,17,18). The molecule has 1 saturated heterocycles. The van der Waals surface area contributed by atoms with E-state index in [0.717, 1.165) is 30.4 Å². The van der Waals surface area contributed by atoms with Gasteiger partial charge in [-0.15, -0.1) is 0 Å². The van der Waals surface area contributed by atoms with Crippen molar-refractivity contribution in [2.45, 2.75) is 25.3 Å².